The molecule has 0 aliphatic carbocycles. The van der Waals surface area contributed by atoms with Crippen molar-refractivity contribution in [2.75, 3.05) is 6.54 Å². The first kappa shape index (κ1) is 11.6. The zero-order chi connectivity index (χ0) is 12.3. The van der Waals surface area contributed by atoms with Gasteiger partial charge in [0.2, 0.25) is 5.91 Å². The second kappa shape index (κ2) is 4.97. The number of imide groups is 1. The van der Waals surface area contributed by atoms with E-state index < -0.39 is 6.03 Å². The maximum absolute atomic E-state index is 11.4. The van der Waals surface area contributed by atoms with Crippen LogP contribution in [-0.2, 0) is 9.63 Å². The molecule has 0 spiro atoms. The third-order valence-corrected chi connectivity index (χ3v) is 2.57. The molecule has 2 rings (SSSR count). The summed E-state index contributed by atoms with van der Waals surface area (Å²) in [6.45, 7) is 2.15. The van der Waals surface area contributed by atoms with Gasteiger partial charge in [0, 0.05) is 6.42 Å². The minimum Gasteiger partial charge on any atom is -0.276 e. The van der Waals surface area contributed by atoms with Crippen LogP contribution in [0.2, 0.25) is 0 Å². The summed E-state index contributed by atoms with van der Waals surface area (Å²) in [6.07, 6.45) is 0.0444. The number of hydroxylamine groups is 2. The Hall–Kier alpha value is -1.88. The van der Waals surface area contributed by atoms with Crippen LogP contribution in [0.4, 0.5) is 4.79 Å². The number of carbonyl (C=O) groups excluding carboxylic acids is 2. The molecule has 3 amide bonds. The molecule has 1 aromatic carbocycles. The van der Waals surface area contributed by atoms with Crippen LogP contribution >= 0.6 is 0 Å². The molecule has 0 bridgehead atoms. The van der Waals surface area contributed by atoms with E-state index in [0.717, 1.165) is 5.56 Å². The highest BCUT2D eigenvalue weighted by molar-refractivity contribution is 5.96. The number of urea groups is 1. The van der Waals surface area contributed by atoms with Crippen molar-refractivity contribution in [3.8, 4) is 0 Å². The Kier molecular flexibility index (Phi) is 3.39. The average molecular weight is 234 g/mol. The van der Waals surface area contributed by atoms with Crippen molar-refractivity contribution in [2.45, 2.75) is 19.4 Å². The highest BCUT2D eigenvalue weighted by Gasteiger charge is 2.25. The maximum atomic E-state index is 11.4. The van der Waals surface area contributed by atoms with Gasteiger partial charge in [-0.1, -0.05) is 30.3 Å². The maximum Gasteiger partial charge on any atom is 0.347 e. The highest BCUT2D eigenvalue weighted by atomic mass is 16.7. The molecule has 1 aromatic rings. The molecule has 5 heteroatoms. The van der Waals surface area contributed by atoms with Crippen LogP contribution in [0, 0.1) is 0 Å². The van der Waals surface area contributed by atoms with Crippen molar-refractivity contribution in [2.24, 2.45) is 0 Å². The fraction of sp³-hybridized carbons (Fsp3) is 0.333. The van der Waals surface area contributed by atoms with Crippen LogP contribution in [0.3, 0.4) is 0 Å². The van der Waals surface area contributed by atoms with Crippen molar-refractivity contribution in [1.82, 2.24) is 10.4 Å². The van der Waals surface area contributed by atoms with E-state index in [4.69, 9.17) is 4.84 Å². The molecule has 0 aromatic heterocycles. The molecule has 1 atom stereocenters. The van der Waals surface area contributed by atoms with Gasteiger partial charge < -0.3 is 0 Å². The number of hydrogen-bond acceptors (Lipinski definition) is 3. The van der Waals surface area contributed by atoms with Gasteiger partial charge in [-0.2, -0.15) is 0 Å². The minimum atomic E-state index is -0.496. The van der Waals surface area contributed by atoms with Gasteiger partial charge in [0.25, 0.3) is 0 Å². The largest absolute Gasteiger partial charge is 0.347 e. The summed E-state index contributed by atoms with van der Waals surface area (Å²) in [4.78, 5) is 27.9. The monoisotopic (exact) mass is 234 g/mol. The Morgan fingerprint density at radius 2 is 2.00 bits per heavy atom. The predicted molar refractivity (Wildman–Crippen MR) is 60.8 cm³/mol. The third-order valence-electron chi connectivity index (χ3n) is 2.57. The van der Waals surface area contributed by atoms with Gasteiger partial charge in [-0.15, -0.1) is 0 Å². The van der Waals surface area contributed by atoms with Crippen LogP contribution in [0.5, 0.6) is 0 Å². The smallest absolute Gasteiger partial charge is 0.276 e. The topological polar surface area (TPSA) is 58.6 Å². The van der Waals surface area contributed by atoms with Crippen LogP contribution in [0.15, 0.2) is 30.3 Å². The zero-order valence-electron chi connectivity index (χ0n) is 9.55. The van der Waals surface area contributed by atoms with Crippen LogP contribution in [0.1, 0.15) is 25.0 Å². The Labute approximate surface area is 99.3 Å². The molecule has 1 unspecified atom stereocenters. The Bertz CT molecular complexity index is 419. The summed E-state index contributed by atoms with van der Waals surface area (Å²) in [5, 5.41) is 3.40. The SMILES string of the molecule is CC(ON1CCC(=O)NC1=O)c1ccccc1. The first-order valence-corrected chi connectivity index (χ1v) is 5.50. The van der Waals surface area contributed by atoms with Crippen molar-refractivity contribution < 1.29 is 14.4 Å². The van der Waals surface area contributed by atoms with E-state index in [-0.39, 0.29) is 18.4 Å². The molecule has 1 N–H and O–H groups in total. The lowest BCUT2D eigenvalue weighted by Gasteiger charge is -2.28. The Balaban J connectivity index is 1.97. The normalized spacial score (nSPS) is 17.8. The van der Waals surface area contributed by atoms with Crippen molar-refractivity contribution in [3.63, 3.8) is 0 Å². The second-order valence-electron chi connectivity index (χ2n) is 3.86. The van der Waals surface area contributed by atoms with Gasteiger partial charge in [0.05, 0.1) is 6.54 Å². The quantitative estimate of drug-likeness (QED) is 0.864. The lowest BCUT2D eigenvalue weighted by molar-refractivity contribution is -0.166. The third kappa shape index (κ3) is 2.82. The highest BCUT2D eigenvalue weighted by Crippen LogP contribution is 2.18. The van der Waals surface area contributed by atoms with E-state index >= 15 is 0 Å². The van der Waals surface area contributed by atoms with Crippen molar-refractivity contribution in [1.29, 1.82) is 0 Å². The molecule has 90 valence electrons. The number of carbonyl (C=O) groups is 2. The Morgan fingerprint density at radius 1 is 1.29 bits per heavy atom. The number of rotatable bonds is 3. The van der Waals surface area contributed by atoms with E-state index in [2.05, 4.69) is 5.32 Å². The molecule has 17 heavy (non-hydrogen) atoms. The Morgan fingerprint density at radius 3 is 2.65 bits per heavy atom. The average Bonchev–Trinajstić information content (AvgIpc) is 2.34. The molecule has 0 radical (unpaired) electrons. The number of hydrogen-bond donors (Lipinski definition) is 1. The van der Waals surface area contributed by atoms with Crippen LogP contribution in [-0.4, -0.2) is 23.5 Å². The molecule has 1 saturated heterocycles. The minimum absolute atomic E-state index is 0.227. The summed E-state index contributed by atoms with van der Waals surface area (Å²) in [5.41, 5.74) is 0.984. The van der Waals surface area contributed by atoms with E-state index in [1.165, 1.54) is 5.06 Å². The molecule has 5 nitrogen and oxygen atoms in total. The number of nitrogens with zero attached hydrogens (tertiary/aromatic N) is 1. The number of benzene rings is 1. The summed E-state index contributed by atoms with van der Waals surface area (Å²) in [7, 11) is 0. The van der Waals surface area contributed by atoms with Crippen molar-refractivity contribution in [3.05, 3.63) is 35.9 Å². The number of nitrogens with one attached hydrogen (secondary N) is 1. The van der Waals surface area contributed by atoms with Gasteiger partial charge in [-0.25, -0.2) is 9.86 Å². The summed E-state index contributed by atoms with van der Waals surface area (Å²) in [5.74, 6) is -0.262. The van der Waals surface area contributed by atoms with Gasteiger partial charge in [0.1, 0.15) is 6.10 Å². The molecule has 1 fully saturated rings. The van der Waals surface area contributed by atoms with E-state index in [0.29, 0.717) is 6.54 Å². The molecule has 1 aliphatic rings. The van der Waals surface area contributed by atoms with Gasteiger partial charge in [-0.05, 0) is 12.5 Å². The molecular weight excluding hydrogens is 220 g/mol. The number of amides is 3. The fourth-order valence-electron chi connectivity index (χ4n) is 1.63. The van der Waals surface area contributed by atoms with E-state index in [9.17, 15) is 9.59 Å². The van der Waals surface area contributed by atoms with Gasteiger partial charge in [-0.3, -0.25) is 14.9 Å². The molecule has 1 heterocycles. The van der Waals surface area contributed by atoms with Crippen molar-refractivity contribution >= 4 is 11.9 Å². The lowest BCUT2D eigenvalue weighted by atomic mass is 10.1. The lowest BCUT2D eigenvalue weighted by Crippen LogP contribution is -2.49. The first-order chi connectivity index (χ1) is 8.16. The molecular formula is C12H14N2O3. The van der Waals surface area contributed by atoms with Gasteiger partial charge in [0.15, 0.2) is 0 Å². The standard InChI is InChI=1S/C12H14N2O3/c1-9(10-5-3-2-4-6-10)17-14-8-7-11(15)13-12(14)16/h2-6,9H,7-8H2,1H3,(H,13,15,16). The van der Waals surface area contributed by atoms with E-state index in [1.807, 2.05) is 37.3 Å². The summed E-state index contributed by atoms with van der Waals surface area (Å²) >= 11 is 0. The van der Waals surface area contributed by atoms with Crippen LogP contribution < -0.4 is 5.32 Å². The zero-order valence-corrected chi connectivity index (χ0v) is 9.55. The second-order valence-corrected chi connectivity index (χ2v) is 3.86. The predicted octanol–water partition coefficient (Wildman–Crippen LogP) is 1.62. The first-order valence-electron chi connectivity index (χ1n) is 5.50. The summed E-state index contributed by atoms with van der Waals surface area (Å²) < 4.78 is 0. The van der Waals surface area contributed by atoms with Crippen LogP contribution in [0.25, 0.3) is 0 Å². The van der Waals surface area contributed by atoms with Gasteiger partial charge >= 0.3 is 6.03 Å². The fourth-order valence-corrected chi connectivity index (χ4v) is 1.63. The molecule has 1 aliphatic heterocycles. The summed E-state index contributed by atoms with van der Waals surface area (Å²) in [6, 6.07) is 9.10. The van der Waals surface area contributed by atoms with E-state index in [1.54, 1.807) is 0 Å². The molecule has 0 saturated carbocycles.